The highest BCUT2D eigenvalue weighted by molar-refractivity contribution is 5.79. The monoisotopic (exact) mass is 372 g/mol. The summed E-state index contributed by atoms with van der Waals surface area (Å²) in [5, 5.41) is 11.7. The van der Waals surface area contributed by atoms with Crippen LogP contribution in [-0.4, -0.2) is 40.0 Å². The molecule has 3 saturated heterocycles. The van der Waals surface area contributed by atoms with Gasteiger partial charge >= 0.3 is 0 Å². The van der Waals surface area contributed by atoms with Gasteiger partial charge in [-0.25, -0.2) is 4.68 Å². The molecular formula is C20H30N5O2+. The fourth-order valence-corrected chi connectivity index (χ4v) is 4.66. The third-order valence-corrected chi connectivity index (χ3v) is 6.19. The van der Waals surface area contributed by atoms with Crippen LogP contribution in [0.25, 0.3) is 0 Å². The molecule has 1 unspecified atom stereocenters. The number of hydrogen-bond donors (Lipinski definition) is 2. The average Bonchev–Trinajstić information content (AvgIpc) is 3.37. The quantitative estimate of drug-likeness (QED) is 0.719. The molecule has 2 aromatic rings. The number of rotatable bonds is 8. The molecule has 7 heteroatoms. The van der Waals surface area contributed by atoms with E-state index in [1.54, 1.807) is 11.2 Å². The van der Waals surface area contributed by atoms with Crippen molar-refractivity contribution >= 4 is 5.91 Å². The first kappa shape index (κ1) is 18.2. The van der Waals surface area contributed by atoms with Crippen LogP contribution in [0, 0.1) is 11.8 Å². The second-order valence-corrected chi connectivity index (χ2v) is 8.03. The molecule has 5 heterocycles. The molecule has 4 atom stereocenters. The first-order chi connectivity index (χ1) is 13.2. The number of nitrogens with one attached hydrogen (secondary N) is 2. The van der Waals surface area contributed by atoms with Gasteiger partial charge in [-0.3, -0.25) is 4.79 Å². The van der Waals surface area contributed by atoms with Gasteiger partial charge < -0.3 is 14.6 Å². The minimum absolute atomic E-state index is 0.121. The molecule has 0 radical (unpaired) electrons. The van der Waals surface area contributed by atoms with Crippen molar-refractivity contribution in [1.82, 2.24) is 20.3 Å². The molecule has 3 fully saturated rings. The number of hydrogen-bond acceptors (Lipinski definition) is 4. The van der Waals surface area contributed by atoms with Gasteiger partial charge in [0.25, 0.3) is 0 Å². The summed E-state index contributed by atoms with van der Waals surface area (Å²) in [7, 11) is 0. The number of carbonyl (C=O) groups is 1. The molecule has 0 saturated carbocycles. The fraction of sp³-hybridized carbons (Fsp3) is 0.650. The van der Waals surface area contributed by atoms with Gasteiger partial charge in [0.05, 0.1) is 44.1 Å². The topological polar surface area (TPSA) is 77.4 Å². The van der Waals surface area contributed by atoms with Crippen LogP contribution < -0.4 is 10.2 Å². The molecule has 1 amide bonds. The van der Waals surface area contributed by atoms with Crippen LogP contribution in [0.1, 0.15) is 44.1 Å². The molecule has 27 heavy (non-hydrogen) atoms. The highest BCUT2D eigenvalue weighted by atomic mass is 16.3. The Labute approximate surface area is 160 Å². The summed E-state index contributed by atoms with van der Waals surface area (Å²) in [5.41, 5.74) is 1.10. The van der Waals surface area contributed by atoms with Crippen molar-refractivity contribution in [3.05, 3.63) is 36.0 Å². The fourth-order valence-electron chi connectivity index (χ4n) is 4.66. The Morgan fingerprint density at radius 1 is 1.48 bits per heavy atom. The second-order valence-electron chi connectivity index (χ2n) is 8.03. The highest BCUT2D eigenvalue weighted by Gasteiger charge is 2.46. The van der Waals surface area contributed by atoms with E-state index in [0.29, 0.717) is 18.5 Å². The molecule has 0 aliphatic carbocycles. The highest BCUT2D eigenvalue weighted by Crippen LogP contribution is 2.27. The minimum atomic E-state index is 0.121. The number of carbonyl (C=O) groups excluding carboxylic acids is 1. The van der Waals surface area contributed by atoms with Gasteiger partial charge in [0.15, 0.2) is 0 Å². The van der Waals surface area contributed by atoms with E-state index >= 15 is 0 Å². The summed E-state index contributed by atoms with van der Waals surface area (Å²) in [5.74, 6) is 1.58. The number of aromatic nitrogens is 3. The van der Waals surface area contributed by atoms with Gasteiger partial charge in [-0.05, 0) is 30.9 Å². The molecule has 5 rings (SSSR count). The number of fused-ring (bicyclic) bond motifs is 3. The summed E-state index contributed by atoms with van der Waals surface area (Å²) < 4.78 is 7.32. The Bertz CT molecular complexity index is 741. The SMILES string of the molecule is CCCCc1cn(C[C@H]2C[C@@H]3CC[NH+]2C[C@@H]3C(=O)NCc2ccco2)nn1. The third kappa shape index (κ3) is 4.24. The number of aryl methyl sites for hydroxylation is 1. The van der Waals surface area contributed by atoms with Crippen LogP contribution in [0.3, 0.4) is 0 Å². The Kier molecular flexibility index (Phi) is 5.57. The zero-order valence-electron chi connectivity index (χ0n) is 16.1. The van der Waals surface area contributed by atoms with Crippen LogP contribution in [0.4, 0.5) is 0 Å². The van der Waals surface area contributed by atoms with Crippen molar-refractivity contribution in [3.63, 3.8) is 0 Å². The Hall–Kier alpha value is -2.15. The number of nitrogens with zero attached hydrogens (tertiary/aromatic N) is 3. The van der Waals surface area contributed by atoms with Crippen molar-refractivity contribution in [1.29, 1.82) is 0 Å². The molecule has 2 bridgehead atoms. The normalized spacial score (nSPS) is 27.0. The van der Waals surface area contributed by atoms with E-state index in [9.17, 15) is 4.79 Å². The van der Waals surface area contributed by atoms with E-state index in [4.69, 9.17) is 4.42 Å². The first-order valence-corrected chi connectivity index (χ1v) is 10.3. The zero-order chi connectivity index (χ0) is 18.6. The van der Waals surface area contributed by atoms with Gasteiger partial charge in [0.1, 0.15) is 11.8 Å². The number of furan rings is 1. The van der Waals surface area contributed by atoms with E-state index in [-0.39, 0.29) is 11.8 Å². The molecule has 2 aromatic heterocycles. The largest absolute Gasteiger partial charge is 0.467 e. The summed E-state index contributed by atoms with van der Waals surface area (Å²) in [6, 6.07) is 4.28. The van der Waals surface area contributed by atoms with E-state index in [1.165, 1.54) is 6.42 Å². The van der Waals surface area contributed by atoms with E-state index in [2.05, 4.69) is 28.7 Å². The lowest BCUT2D eigenvalue weighted by Gasteiger charge is -2.46. The Morgan fingerprint density at radius 3 is 3.15 bits per heavy atom. The van der Waals surface area contributed by atoms with Crippen LogP contribution >= 0.6 is 0 Å². The number of unbranched alkanes of at least 4 members (excludes halogenated alkanes) is 1. The van der Waals surface area contributed by atoms with E-state index in [0.717, 1.165) is 56.8 Å². The standard InChI is InChI=1S/C20H29N5O2/c1-2-3-5-16-12-25(23-22-16)13-17-10-15-7-8-24(17)14-19(15)20(26)21-11-18-6-4-9-27-18/h4,6,9,12,15,17,19H,2-3,5,7-8,10-11,13-14H2,1H3,(H,21,26)/p+1/t15-,17+,19-/m0/s1. The van der Waals surface area contributed by atoms with Crippen molar-refractivity contribution in [2.45, 2.75) is 58.2 Å². The maximum atomic E-state index is 12.7. The van der Waals surface area contributed by atoms with Gasteiger partial charge in [0, 0.05) is 19.0 Å². The van der Waals surface area contributed by atoms with Gasteiger partial charge in [-0.1, -0.05) is 18.6 Å². The maximum absolute atomic E-state index is 12.7. The molecule has 146 valence electrons. The van der Waals surface area contributed by atoms with Gasteiger partial charge in [-0.15, -0.1) is 5.10 Å². The maximum Gasteiger partial charge on any atom is 0.229 e. The zero-order valence-corrected chi connectivity index (χ0v) is 16.1. The lowest BCUT2D eigenvalue weighted by atomic mass is 9.75. The molecule has 3 aliphatic heterocycles. The molecule has 3 aliphatic rings. The summed E-state index contributed by atoms with van der Waals surface area (Å²) in [6.07, 6.45) is 9.34. The lowest BCUT2D eigenvalue weighted by Crippen LogP contribution is -3.20. The van der Waals surface area contributed by atoms with Crippen molar-refractivity contribution in [2.24, 2.45) is 11.8 Å². The van der Waals surface area contributed by atoms with Crippen molar-refractivity contribution in [3.8, 4) is 0 Å². The predicted octanol–water partition coefficient (Wildman–Crippen LogP) is 0.823. The second kappa shape index (κ2) is 8.25. The van der Waals surface area contributed by atoms with Crippen LogP contribution in [0.15, 0.2) is 29.0 Å². The van der Waals surface area contributed by atoms with Crippen LogP contribution in [0.5, 0.6) is 0 Å². The van der Waals surface area contributed by atoms with Crippen molar-refractivity contribution in [2.75, 3.05) is 13.1 Å². The minimum Gasteiger partial charge on any atom is -0.467 e. The summed E-state index contributed by atoms with van der Waals surface area (Å²) in [6.45, 7) is 5.67. The number of quaternary nitrogens is 1. The van der Waals surface area contributed by atoms with Crippen LogP contribution in [0.2, 0.25) is 0 Å². The van der Waals surface area contributed by atoms with E-state index < -0.39 is 0 Å². The predicted molar refractivity (Wildman–Crippen MR) is 99.9 cm³/mol. The lowest BCUT2D eigenvalue weighted by molar-refractivity contribution is -0.945. The molecule has 2 N–H and O–H groups in total. The number of amides is 1. The van der Waals surface area contributed by atoms with Crippen molar-refractivity contribution < 1.29 is 14.1 Å². The first-order valence-electron chi connectivity index (χ1n) is 10.3. The smallest absolute Gasteiger partial charge is 0.229 e. The van der Waals surface area contributed by atoms with Gasteiger partial charge in [-0.2, -0.15) is 0 Å². The van der Waals surface area contributed by atoms with Crippen LogP contribution in [-0.2, 0) is 24.3 Å². The van der Waals surface area contributed by atoms with E-state index in [1.807, 2.05) is 16.8 Å². The summed E-state index contributed by atoms with van der Waals surface area (Å²) in [4.78, 5) is 14.2. The summed E-state index contributed by atoms with van der Waals surface area (Å²) >= 11 is 0. The third-order valence-electron chi connectivity index (χ3n) is 6.19. The molecule has 0 aromatic carbocycles. The Morgan fingerprint density at radius 2 is 2.41 bits per heavy atom. The average molecular weight is 372 g/mol. The Balaban J connectivity index is 1.30. The molecule has 0 spiro atoms. The molecular weight excluding hydrogens is 342 g/mol. The number of piperidine rings is 3. The van der Waals surface area contributed by atoms with Gasteiger partial charge in [0.2, 0.25) is 5.91 Å². The molecule has 7 nitrogen and oxygen atoms in total.